The summed E-state index contributed by atoms with van der Waals surface area (Å²) in [6.45, 7) is 0. The normalized spacial score (nSPS) is 10.4. The first-order chi connectivity index (χ1) is 8.84. The van der Waals surface area contributed by atoms with Crippen LogP contribution in [0.4, 0.5) is 0 Å². The van der Waals surface area contributed by atoms with Gasteiger partial charge in [-0.05, 0) is 18.2 Å². The van der Waals surface area contributed by atoms with Crippen molar-refractivity contribution in [1.29, 1.82) is 0 Å². The summed E-state index contributed by atoms with van der Waals surface area (Å²) in [6.07, 6.45) is 3.31. The predicted molar refractivity (Wildman–Crippen MR) is 67.4 cm³/mol. The Kier molecular flexibility index (Phi) is 2.49. The first kappa shape index (κ1) is 10.5. The molecule has 0 aliphatic rings. The summed E-state index contributed by atoms with van der Waals surface area (Å²) < 4.78 is 1.66. The SMILES string of the molecule is O=c1ccn(-c2ccccc2)nc1-c1cc[nH]n1. The zero-order valence-electron chi connectivity index (χ0n) is 9.45. The van der Waals surface area contributed by atoms with E-state index in [9.17, 15) is 4.79 Å². The molecule has 0 aliphatic heterocycles. The fourth-order valence-corrected chi connectivity index (χ4v) is 1.70. The molecule has 1 N–H and O–H groups in total. The molecule has 5 heteroatoms. The molecule has 5 nitrogen and oxygen atoms in total. The highest BCUT2D eigenvalue weighted by atomic mass is 16.1. The molecule has 1 aromatic carbocycles. The van der Waals surface area contributed by atoms with E-state index in [1.54, 1.807) is 23.1 Å². The lowest BCUT2D eigenvalue weighted by Crippen LogP contribution is -2.12. The van der Waals surface area contributed by atoms with Gasteiger partial charge in [-0.2, -0.15) is 10.2 Å². The van der Waals surface area contributed by atoms with Gasteiger partial charge in [0.15, 0.2) is 5.69 Å². The van der Waals surface area contributed by atoms with E-state index in [2.05, 4.69) is 15.3 Å². The highest BCUT2D eigenvalue weighted by Gasteiger charge is 2.08. The second-order valence-corrected chi connectivity index (χ2v) is 3.77. The van der Waals surface area contributed by atoms with Crippen molar-refractivity contribution in [2.75, 3.05) is 0 Å². The number of hydrogen-bond acceptors (Lipinski definition) is 3. The van der Waals surface area contributed by atoms with Gasteiger partial charge in [0.1, 0.15) is 5.69 Å². The molecule has 0 saturated heterocycles. The van der Waals surface area contributed by atoms with E-state index >= 15 is 0 Å². The van der Waals surface area contributed by atoms with Crippen LogP contribution in [0.15, 0.2) is 59.7 Å². The summed E-state index contributed by atoms with van der Waals surface area (Å²) in [5.74, 6) is 0. The molecule has 0 radical (unpaired) electrons. The molecule has 0 saturated carbocycles. The fraction of sp³-hybridized carbons (Fsp3) is 0. The summed E-state index contributed by atoms with van der Waals surface area (Å²) in [5.41, 5.74) is 1.64. The summed E-state index contributed by atoms with van der Waals surface area (Å²) in [5, 5.41) is 11.0. The van der Waals surface area contributed by atoms with Crippen LogP contribution in [0.3, 0.4) is 0 Å². The molecular weight excluding hydrogens is 228 g/mol. The molecule has 18 heavy (non-hydrogen) atoms. The van der Waals surface area contributed by atoms with Gasteiger partial charge in [0.05, 0.1) is 5.69 Å². The average Bonchev–Trinajstić information content (AvgIpc) is 2.94. The fourth-order valence-electron chi connectivity index (χ4n) is 1.70. The lowest BCUT2D eigenvalue weighted by molar-refractivity contribution is 0.839. The Labute approximate surface area is 103 Å². The molecule has 0 atom stereocenters. The minimum Gasteiger partial charge on any atom is -0.287 e. The smallest absolute Gasteiger partial charge is 0.209 e. The first-order valence-corrected chi connectivity index (χ1v) is 5.50. The van der Waals surface area contributed by atoms with Crippen LogP contribution in [0.1, 0.15) is 0 Å². The summed E-state index contributed by atoms with van der Waals surface area (Å²) in [4.78, 5) is 11.8. The first-order valence-electron chi connectivity index (χ1n) is 5.50. The number of rotatable bonds is 2. The Morgan fingerprint density at radius 1 is 1.06 bits per heavy atom. The molecule has 3 aromatic rings. The average molecular weight is 238 g/mol. The van der Waals surface area contributed by atoms with Gasteiger partial charge in [0.2, 0.25) is 5.43 Å². The zero-order chi connectivity index (χ0) is 12.4. The van der Waals surface area contributed by atoms with E-state index < -0.39 is 0 Å². The van der Waals surface area contributed by atoms with E-state index in [1.165, 1.54) is 6.07 Å². The van der Waals surface area contributed by atoms with Gasteiger partial charge in [0.25, 0.3) is 0 Å². The second kappa shape index (κ2) is 4.29. The second-order valence-electron chi connectivity index (χ2n) is 3.77. The Bertz CT molecular complexity index is 701. The van der Waals surface area contributed by atoms with Crippen molar-refractivity contribution >= 4 is 0 Å². The third kappa shape index (κ3) is 1.82. The van der Waals surface area contributed by atoms with Crippen molar-refractivity contribution in [3.63, 3.8) is 0 Å². The number of nitrogens with zero attached hydrogens (tertiary/aromatic N) is 3. The molecule has 2 heterocycles. The largest absolute Gasteiger partial charge is 0.287 e. The van der Waals surface area contributed by atoms with Gasteiger partial charge in [-0.15, -0.1) is 0 Å². The van der Waals surface area contributed by atoms with Crippen LogP contribution >= 0.6 is 0 Å². The summed E-state index contributed by atoms with van der Waals surface area (Å²) in [7, 11) is 0. The quantitative estimate of drug-likeness (QED) is 0.738. The van der Waals surface area contributed by atoms with Gasteiger partial charge in [0, 0.05) is 18.5 Å². The molecule has 0 aliphatic carbocycles. The van der Waals surface area contributed by atoms with Gasteiger partial charge >= 0.3 is 0 Å². The van der Waals surface area contributed by atoms with Crippen molar-refractivity contribution in [3.8, 4) is 17.1 Å². The monoisotopic (exact) mass is 238 g/mol. The standard InChI is InChI=1S/C13H10N4O/c18-12-7-9-17(10-4-2-1-3-5-10)16-13(12)11-6-8-14-15-11/h1-9H,(H,14,15). The van der Waals surface area contributed by atoms with Crippen LogP contribution < -0.4 is 5.43 Å². The molecule has 0 bridgehead atoms. The van der Waals surface area contributed by atoms with E-state index in [4.69, 9.17) is 0 Å². The number of benzene rings is 1. The lowest BCUT2D eigenvalue weighted by Gasteiger charge is -2.05. The van der Waals surface area contributed by atoms with Crippen LogP contribution in [-0.4, -0.2) is 20.0 Å². The van der Waals surface area contributed by atoms with E-state index in [0.29, 0.717) is 11.4 Å². The number of aromatic amines is 1. The number of para-hydroxylation sites is 1. The van der Waals surface area contributed by atoms with Gasteiger partial charge in [-0.3, -0.25) is 9.89 Å². The van der Waals surface area contributed by atoms with Crippen molar-refractivity contribution in [2.24, 2.45) is 0 Å². The van der Waals surface area contributed by atoms with Crippen molar-refractivity contribution < 1.29 is 0 Å². The number of nitrogens with one attached hydrogen (secondary N) is 1. The number of aromatic nitrogens is 4. The predicted octanol–water partition coefficient (Wildman–Crippen LogP) is 1.62. The molecule has 0 spiro atoms. The van der Waals surface area contributed by atoms with E-state index in [0.717, 1.165) is 5.69 Å². The van der Waals surface area contributed by atoms with Crippen LogP contribution in [0, 0.1) is 0 Å². The summed E-state index contributed by atoms with van der Waals surface area (Å²) >= 11 is 0. The van der Waals surface area contributed by atoms with Crippen molar-refractivity contribution in [3.05, 3.63) is 65.1 Å². The number of hydrogen-bond donors (Lipinski definition) is 1. The molecule has 3 rings (SSSR count). The van der Waals surface area contributed by atoms with Gasteiger partial charge in [-0.25, -0.2) is 4.68 Å². The topological polar surface area (TPSA) is 63.6 Å². The molecule has 0 fully saturated rings. The van der Waals surface area contributed by atoms with Crippen LogP contribution in [0.2, 0.25) is 0 Å². The third-order valence-corrected chi connectivity index (χ3v) is 2.57. The van der Waals surface area contributed by atoms with Crippen molar-refractivity contribution in [2.45, 2.75) is 0 Å². The van der Waals surface area contributed by atoms with Crippen LogP contribution in [-0.2, 0) is 0 Å². The minimum atomic E-state index is -0.144. The Morgan fingerprint density at radius 2 is 1.89 bits per heavy atom. The van der Waals surface area contributed by atoms with Gasteiger partial charge < -0.3 is 0 Å². The maximum atomic E-state index is 11.8. The highest BCUT2D eigenvalue weighted by molar-refractivity contribution is 5.52. The molecule has 2 aromatic heterocycles. The van der Waals surface area contributed by atoms with Gasteiger partial charge in [-0.1, -0.05) is 18.2 Å². The number of H-pyrrole nitrogens is 1. The van der Waals surface area contributed by atoms with E-state index in [-0.39, 0.29) is 5.43 Å². The maximum absolute atomic E-state index is 11.8. The third-order valence-electron chi connectivity index (χ3n) is 2.57. The van der Waals surface area contributed by atoms with Crippen molar-refractivity contribution in [1.82, 2.24) is 20.0 Å². The Hall–Kier alpha value is -2.69. The highest BCUT2D eigenvalue weighted by Crippen LogP contribution is 2.10. The Balaban J connectivity index is 2.15. The Morgan fingerprint density at radius 3 is 2.61 bits per heavy atom. The van der Waals surface area contributed by atoms with Crippen LogP contribution in [0.25, 0.3) is 17.1 Å². The lowest BCUT2D eigenvalue weighted by atomic mass is 10.3. The zero-order valence-corrected chi connectivity index (χ0v) is 9.45. The minimum absolute atomic E-state index is 0.144. The maximum Gasteiger partial charge on any atom is 0.209 e. The molecule has 0 amide bonds. The molecular formula is C13H10N4O. The van der Waals surface area contributed by atoms with E-state index in [1.807, 2.05) is 30.3 Å². The molecule has 0 unspecified atom stereocenters. The van der Waals surface area contributed by atoms with Crippen LogP contribution in [0.5, 0.6) is 0 Å². The molecule has 88 valence electrons. The summed E-state index contributed by atoms with van der Waals surface area (Å²) in [6, 6.07) is 12.8.